The summed E-state index contributed by atoms with van der Waals surface area (Å²) in [6, 6.07) is 19.9. The van der Waals surface area contributed by atoms with Gasteiger partial charge in [0.05, 0.1) is 6.04 Å². The molecule has 0 bridgehead atoms. The molecule has 1 aromatic heterocycles. The zero-order valence-electron chi connectivity index (χ0n) is 15.5. The van der Waals surface area contributed by atoms with E-state index in [0.717, 1.165) is 30.0 Å². The molecule has 27 heavy (non-hydrogen) atoms. The summed E-state index contributed by atoms with van der Waals surface area (Å²) in [6.45, 7) is 4.65. The van der Waals surface area contributed by atoms with Gasteiger partial charge in [0.2, 0.25) is 0 Å². The Labute approximate surface area is 159 Å². The summed E-state index contributed by atoms with van der Waals surface area (Å²) in [5.74, 6) is 1.17. The minimum Gasteiger partial charge on any atom is -0.344 e. The summed E-state index contributed by atoms with van der Waals surface area (Å²) < 4.78 is 0. The number of nitrogens with one attached hydrogen (secondary N) is 1. The Morgan fingerprint density at radius 1 is 1.07 bits per heavy atom. The second-order valence-electron chi connectivity index (χ2n) is 6.79. The maximum atomic E-state index is 12.8. The van der Waals surface area contributed by atoms with Crippen molar-refractivity contribution in [3.63, 3.8) is 0 Å². The van der Waals surface area contributed by atoms with E-state index < -0.39 is 0 Å². The summed E-state index contributed by atoms with van der Waals surface area (Å²) in [5.41, 5.74) is 3.91. The summed E-state index contributed by atoms with van der Waals surface area (Å²) in [5, 5.41) is 3.03. The van der Waals surface area contributed by atoms with Crippen molar-refractivity contribution in [3.05, 3.63) is 83.3 Å². The van der Waals surface area contributed by atoms with Crippen LogP contribution in [0, 0.1) is 6.92 Å². The van der Waals surface area contributed by atoms with Crippen LogP contribution < -0.4 is 10.2 Å². The maximum Gasteiger partial charge on any atom is 0.270 e. The molecule has 4 rings (SSSR count). The second-order valence-corrected chi connectivity index (χ2v) is 6.79. The molecule has 3 aromatic rings. The zero-order valence-corrected chi connectivity index (χ0v) is 15.5. The summed E-state index contributed by atoms with van der Waals surface area (Å²) in [7, 11) is 0. The lowest BCUT2D eigenvalue weighted by Gasteiger charge is -2.20. The Balaban J connectivity index is 1.59. The maximum absolute atomic E-state index is 12.8. The van der Waals surface area contributed by atoms with Crippen LogP contribution in [0.4, 0.5) is 11.5 Å². The molecule has 1 amide bonds. The van der Waals surface area contributed by atoms with Crippen LogP contribution in [-0.4, -0.2) is 22.4 Å². The lowest BCUT2D eigenvalue weighted by atomic mass is 10.1. The van der Waals surface area contributed by atoms with E-state index in [-0.39, 0.29) is 11.9 Å². The number of amides is 1. The van der Waals surface area contributed by atoms with Gasteiger partial charge in [-0.3, -0.25) is 4.79 Å². The van der Waals surface area contributed by atoms with Crippen molar-refractivity contribution >= 4 is 17.4 Å². The first-order valence-corrected chi connectivity index (χ1v) is 9.19. The number of nitrogens with zero attached hydrogens (tertiary/aromatic N) is 3. The lowest BCUT2D eigenvalue weighted by Crippen LogP contribution is -2.28. The average molecular weight is 358 g/mol. The molecule has 0 aliphatic carbocycles. The van der Waals surface area contributed by atoms with E-state index in [2.05, 4.69) is 38.4 Å². The summed E-state index contributed by atoms with van der Waals surface area (Å²) in [4.78, 5) is 23.9. The van der Waals surface area contributed by atoms with Gasteiger partial charge in [0.15, 0.2) is 0 Å². The highest BCUT2D eigenvalue weighted by Gasteiger charge is 2.23. The van der Waals surface area contributed by atoms with Crippen LogP contribution in [0.15, 0.2) is 60.7 Å². The van der Waals surface area contributed by atoms with E-state index in [1.807, 2.05) is 50.2 Å². The molecule has 0 radical (unpaired) electrons. The molecule has 1 aliphatic heterocycles. The molecule has 136 valence electrons. The number of carbonyl (C=O) groups excluding carboxylic acids is 1. The number of para-hydroxylation sites is 1. The highest BCUT2D eigenvalue weighted by Crippen LogP contribution is 2.33. The number of fused-ring (bicyclic) bond motifs is 1. The van der Waals surface area contributed by atoms with E-state index in [0.29, 0.717) is 11.5 Å². The van der Waals surface area contributed by atoms with Crippen molar-refractivity contribution in [1.29, 1.82) is 0 Å². The van der Waals surface area contributed by atoms with Crippen LogP contribution in [0.3, 0.4) is 0 Å². The number of rotatable bonds is 4. The monoisotopic (exact) mass is 358 g/mol. The van der Waals surface area contributed by atoms with Gasteiger partial charge in [-0.15, -0.1) is 0 Å². The molecule has 1 atom stereocenters. The molecule has 2 heterocycles. The van der Waals surface area contributed by atoms with E-state index in [1.165, 1.54) is 5.56 Å². The fourth-order valence-corrected chi connectivity index (χ4v) is 3.48. The average Bonchev–Trinajstić information content (AvgIpc) is 3.12. The van der Waals surface area contributed by atoms with Gasteiger partial charge in [-0.05, 0) is 37.5 Å². The van der Waals surface area contributed by atoms with Gasteiger partial charge in [-0.1, -0.05) is 48.5 Å². The van der Waals surface area contributed by atoms with Crippen LogP contribution >= 0.6 is 0 Å². The first kappa shape index (κ1) is 17.2. The smallest absolute Gasteiger partial charge is 0.270 e. The van der Waals surface area contributed by atoms with Crippen molar-refractivity contribution in [2.45, 2.75) is 26.3 Å². The normalized spacial score (nSPS) is 13.9. The number of hydrogen-bond acceptors (Lipinski definition) is 4. The molecular weight excluding hydrogens is 336 g/mol. The Morgan fingerprint density at radius 3 is 2.63 bits per heavy atom. The second kappa shape index (κ2) is 7.19. The number of benzene rings is 2. The van der Waals surface area contributed by atoms with Crippen LogP contribution in [0.2, 0.25) is 0 Å². The Morgan fingerprint density at radius 2 is 1.81 bits per heavy atom. The van der Waals surface area contributed by atoms with Crippen LogP contribution in [0.5, 0.6) is 0 Å². The minimum absolute atomic E-state index is 0.0927. The molecule has 0 saturated carbocycles. The van der Waals surface area contributed by atoms with Crippen LogP contribution in [0.1, 0.15) is 40.4 Å². The fourth-order valence-electron chi connectivity index (χ4n) is 3.48. The Bertz CT molecular complexity index is 971. The molecule has 2 aromatic carbocycles. The molecule has 0 spiro atoms. The fraction of sp³-hybridized carbons (Fsp3) is 0.227. The van der Waals surface area contributed by atoms with Gasteiger partial charge in [0.25, 0.3) is 5.91 Å². The standard InChI is InChI=1S/C22H22N4O/c1-15(17-8-4-3-5-9-17)23-22(27)19-14-21(25-16(2)24-19)26-13-12-18-10-6-7-11-20(18)26/h3-11,14-15H,12-13H2,1-2H3,(H,23,27). The third-order valence-electron chi connectivity index (χ3n) is 4.87. The molecule has 1 aliphatic rings. The zero-order chi connectivity index (χ0) is 18.8. The Hall–Kier alpha value is -3.21. The van der Waals surface area contributed by atoms with E-state index in [1.54, 1.807) is 6.07 Å². The lowest BCUT2D eigenvalue weighted by molar-refractivity contribution is 0.0934. The SMILES string of the molecule is Cc1nc(C(=O)NC(C)c2ccccc2)cc(N2CCc3ccccc32)n1. The molecular formula is C22H22N4O. The van der Waals surface area contributed by atoms with Crippen LogP contribution in [0.25, 0.3) is 0 Å². The van der Waals surface area contributed by atoms with E-state index in [9.17, 15) is 4.79 Å². The topological polar surface area (TPSA) is 58.1 Å². The number of carbonyl (C=O) groups is 1. The summed E-state index contributed by atoms with van der Waals surface area (Å²) >= 11 is 0. The van der Waals surface area contributed by atoms with Gasteiger partial charge < -0.3 is 10.2 Å². The molecule has 0 fully saturated rings. The minimum atomic E-state index is -0.189. The molecule has 0 saturated heterocycles. The molecule has 1 unspecified atom stereocenters. The first-order chi connectivity index (χ1) is 13.1. The quantitative estimate of drug-likeness (QED) is 0.767. The Kier molecular flexibility index (Phi) is 4.59. The predicted octanol–water partition coefficient (Wildman–Crippen LogP) is 3.97. The van der Waals surface area contributed by atoms with Crippen LogP contribution in [-0.2, 0) is 6.42 Å². The third-order valence-corrected chi connectivity index (χ3v) is 4.87. The third kappa shape index (κ3) is 3.53. The van der Waals surface area contributed by atoms with Crippen molar-refractivity contribution in [2.24, 2.45) is 0 Å². The number of aromatic nitrogens is 2. The van der Waals surface area contributed by atoms with Gasteiger partial charge in [-0.2, -0.15) is 0 Å². The van der Waals surface area contributed by atoms with Crippen molar-refractivity contribution in [3.8, 4) is 0 Å². The highest BCUT2D eigenvalue weighted by molar-refractivity contribution is 5.93. The highest BCUT2D eigenvalue weighted by atomic mass is 16.1. The summed E-state index contributed by atoms with van der Waals surface area (Å²) in [6.07, 6.45) is 0.978. The number of aryl methyl sites for hydroxylation is 1. The van der Waals surface area contributed by atoms with Gasteiger partial charge in [-0.25, -0.2) is 9.97 Å². The number of hydrogen-bond donors (Lipinski definition) is 1. The van der Waals surface area contributed by atoms with Gasteiger partial charge >= 0.3 is 0 Å². The van der Waals surface area contributed by atoms with Crippen molar-refractivity contribution in [2.75, 3.05) is 11.4 Å². The van der Waals surface area contributed by atoms with Gasteiger partial charge in [0, 0.05) is 18.3 Å². The van der Waals surface area contributed by atoms with E-state index in [4.69, 9.17) is 0 Å². The molecule has 1 N–H and O–H groups in total. The first-order valence-electron chi connectivity index (χ1n) is 9.19. The van der Waals surface area contributed by atoms with Gasteiger partial charge in [0.1, 0.15) is 17.3 Å². The number of anilines is 2. The molecule has 5 heteroatoms. The largest absolute Gasteiger partial charge is 0.344 e. The van der Waals surface area contributed by atoms with E-state index >= 15 is 0 Å². The predicted molar refractivity (Wildman–Crippen MR) is 106 cm³/mol. The van der Waals surface area contributed by atoms with Crippen molar-refractivity contribution < 1.29 is 4.79 Å². The van der Waals surface area contributed by atoms with Crippen molar-refractivity contribution in [1.82, 2.24) is 15.3 Å². The molecule has 5 nitrogen and oxygen atoms in total.